The van der Waals surface area contributed by atoms with Crippen molar-refractivity contribution < 1.29 is 12.3 Å². The molecule has 174 valence electrons. The molecule has 6 rings (SSSR count). The molecule has 35 heavy (non-hydrogen) atoms. The Balaban J connectivity index is 1.72. The standard InChI is InChI=1S/C25H18FN5O3S/c1-13-4-20-22(7-19(13)15-6-17(12-28-9-15)35(26,33)34)31(16-10-29-11-16)25-23(24(20)32)18-3-2-14(8-27)5-21(18)30-25/h2-7,9,12,16,29-30H,10-11H2,1H3. The van der Waals surface area contributed by atoms with Gasteiger partial charge < -0.3 is 14.9 Å². The Labute approximate surface area is 198 Å². The molecule has 1 aliphatic rings. The fraction of sp³-hybridized carbons (Fsp3) is 0.160. The number of rotatable bonds is 3. The van der Waals surface area contributed by atoms with Gasteiger partial charge in [0.25, 0.3) is 0 Å². The van der Waals surface area contributed by atoms with E-state index in [1.165, 1.54) is 12.3 Å². The molecule has 5 aromatic rings. The zero-order chi connectivity index (χ0) is 24.5. The summed E-state index contributed by atoms with van der Waals surface area (Å²) in [6.45, 7) is 3.25. The summed E-state index contributed by atoms with van der Waals surface area (Å²) < 4.78 is 38.6. The molecule has 0 bridgehead atoms. The van der Waals surface area contributed by atoms with Gasteiger partial charge in [0, 0.05) is 47.3 Å². The fourth-order valence-electron chi connectivity index (χ4n) is 4.84. The van der Waals surface area contributed by atoms with Gasteiger partial charge in [0.15, 0.2) is 5.43 Å². The molecule has 0 aliphatic carbocycles. The first-order valence-electron chi connectivity index (χ1n) is 10.9. The minimum atomic E-state index is -4.92. The van der Waals surface area contributed by atoms with Gasteiger partial charge in [0.2, 0.25) is 0 Å². The van der Waals surface area contributed by atoms with Crippen LogP contribution in [0.3, 0.4) is 0 Å². The predicted octanol–water partition coefficient (Wildman–Crippen LogP) is 3.68. The molecular weight excluding hydrogens is 469 g/mol. The lowest BCUT2D eigenvalue weighted by molar-refractivity contribution is 0.357. The Morgan fingerprint density at radius 3 is 2.63 bits per heavy atom. The van der Waals surface area contributed by atoms with Gasteiger partial charge in [-0.25, -0.2) is 0 Å². The summed E-state index contributed by atoms with van der Waals surface area (Å²) in [5, 5.41) is 14.4. The van der Waals surface area contributed by atoms with Crippen LogP contribution in [0.15, 0.2) is 58.5 Å². The highest BCUT2D eigenvalue weighted by Gasteiger charge is 2.26. The number of aromatic amines is 1. The van der Waals surface area contributed by atoms with Crippen LogP contribution in [0.25, 0.3) is 44.0 Å². The average Bonchev–Trinajstić information content (AvgIpc) is 3.18. The van der Waals surface area contributed by atoms with Crippen molar-refractivity contribution in [3.05, 3.63) is 70.1 Å². The normalized spacial score (nSPS) is 14.4. The smallest absolute Gasteiger partial charge is 0.333 e. The van der Waals surface area contributed by atoms with E-state index < -0.39 is 15.1 Å². The van der Waals surface area contributed by atoms with Crippen LogP contribution in [0.5, 0.6) is 0 Å². The van der Waals surface area contributed by atoms with E-state index in [4.69, 9.17) is 0 Å². The SMILES string of the molecule is Cc1cc2c(=O)c3c4ccc(C#N)cc4[nH]c3n(C3CNC3)c2cc1-c1cncc(S(=O)(=O)F)c1. The Bertz CT molecular complexity index is 1910. The number of halogens is 1. The van der Waals surface area contributed by atoms with Gasteiger partial charge in [-0.1, -0.05) is 6.07 Å². The Hall–Kier alpha value is -4.07. The van der Waals surface area contributed by atoms with Gasteiger partial charge >= 0.3 is 10.2 Å². The molecule has 2 aromatic carbocycles. The van der Waals surface area contributed by atoms with Gasteiger partial charge in [0.1, 0.15) is 10.5 Å². The molecule has 0 spiro atoms. The van der Waals surface area contributed by atoms with Crippen molar-refractivity contribution in [1.29, 1.82) is 5.26 Å². The van der Waals surface area contributed by atoms with E-state index in [1.807, 2.05) is 13.0 Å². The van der Waals surface area contributed by atoms with E-state index in [1.54, 1.807) is 24.3 Å². The van der Waals surface area contributed by atoms with E-state index in [0.29, 0.717) is 57.2 Å². The van der Waals surface area contributed by atoms with Crippen LogP contribution in [0.4, 0.5) is 3.89 Å². The number of aromatic nitrogens is 3. The quantitative estimate of drug-likeness (QED) is 0.375. The topological polar surface area (TPSA) is 121 Å². The molecule has 0 atom stereocenters. The molecule has 8 nitrogen and oxygen atoms in total. The Morgan fingerprint density at radius 2 is 1.94 bits per heavy atom. The van der Waals surface area contributed by atoms with Crippen LogP contribution < -0.4 is 10.7 Å². The number of nitriles is 1. The maximum atomic E-state index is 13.7. The second-order valence-electron chi connectivity index (χ2n) is 8.76. The number of nitrogens with one attached hydrogen (secondary N) is 2. The van der Waals surface area contributed by atoms with Crippen LogP contribution >= 0.6 is 0 Å². The number of aryl methyl sites for hydroxylation is 1. The van der Waals surface area contributed by atoms with Gasteiger partial charge in [-0.2, -0.15) is 13.7 Å². The summed E-state index contributed by atoms with van der Waals surface area (Å²) in [7, 11) is -4.92. The summed E-state index contributed by atoms with van der Waals surface area (Å²) >= 11 is 0. The van der Waals surface area contributed by atoms with Crippen molar-refractivity contribution in [3.8, 4) is 17.2 Å². The zero-order valence-electron chi connectivity index (χ0n) is 18.5. The summed E-state index contributed by atoms with van der Waals surface area (Å²) in [5.41, 5.74) is 4.21. The van der Waals surface area contributed by atoms with Gasteiger partial charge in [-0.05, 0) is 48.4 Å². The van der Waals surface area contributed by atoms with Crippen molar-refractivity contribution in [2.24, 2.45) is 0 Å². The van der Waals surface area contributed by atoms with Crippen molar-refractivity contribution in [2.45, 2.75) is 17.9 Å². The van der Waals surface area contributed by atoms with E-state index in [2.05, 4.69) is 25.9 Å². The number of fused-ring (bicyclic) bond motifs is 4. The highest BCUT2D eigenvalue weighted by Crippen LogP contribution is 2.34. The van der Waals surface area contributed by atoms with Gasteiger partial charge in [-0.15, -0.1) is 3.89 Å². The molecule has 10 heteroatoms. The highest BCUT2D eigenvalue weighted by molar-refractivity contribution is 7.86. The van der Waals surface area contributed by atoms with Crippen molar-refractivity contribution >= 4 is 43.1 Å². The first-order valence-corrected chi connectivity index (χ1v) is 12.3. The number of pyridine rings is 2. The van der Waals surface area contributed by atoms with Crippen molar-refractivity contribution in [3.63, 3.8) is 0 Å². The lowest BCUT2D eigenvalue weighted by Crippen LogP contribution is -2.44. The monoisotopic (exact) mass is 487 g/mol. The minimum absolute atomic E-state index is 0.0790. The summed E-state index contributed by atoms with van der Waals surface area (Å²) in [4.78, 5) is 20.5. The molecule has 1 saturated heterocycles. The van der Waals surface area contributed by atoms with E-state index in [0.717, 1.165) is 17.1 Å². The molecule has 3 aromatic heterocycles. The molecular formula is C25H18FN5O3S. The summed E-state index contributed by atoms with van der Waals surface area (Å²) in [5.74, 6) is 0. The molecule has 4 heterocycles. The van der Waals surface area contributed by atoms with Crippen LogP contribution in [0.2, 0.25) is 0 Å². The third-order valence-electron chi connectivity index (χ3n) is 6.65. The first kappa shape index (κ1) is 21.5. The van der Waals surface area contributed by atoms with E-state index in [9.17, 15) is 22.4 Å². The lowest BCUT2D eigenvalue weighted by atomic mass is 9.97. The second kappa shape index (κ2) is 7.46. The van der Waals surface area contributed by atoms with Gasteiger partial charge in [0.05, 0.1) is 28.6 Å². The molecule has 0 amide bonds. The van der Waals surface area contributed by atoms with Crippen LogP contribution in [-0.4, -0.2) is 36.0 Å². The lowest BCUT2D eigenvalue weighted by Gasteiger charge is -2.32. The van der Waals surface area contributed by atoms with E-state index in [-0.39, 0.29) is 11.5 Å². The van der Waals surface area contributed by atoms with Crippen molar-refractivity contribution in [2.75, 3.05) is 13.1 Å². The third kappa shape index (κ3) is 3.24. The number of H-pyrrole nitrogens is 1. The maximum absolute atomic E-state index is 13.7. The van der Waals surface area contributed by atoms with Gasteiger partial charge in [-0.3, -0.25) is 9.78 Å². The summed E-state index contributed by atoms with van der Waals surface area (Å²) in [6, 6.07) is 12.3. The Morgan fingerprint density at radius 1 is 1.14 bits per heavy atom. The average molecular weight is 488 g/mol. The first-order chi connectivity index (χ1) is 16.8. The number of hydrogen-bond acceptors (Lipinski definition) is 6. The third-order valence-corrected chi connectivity index (χ3v) is 7.44. The minimum Gasteiger partial charge on any atom is -0.340 e. The Kier molecular flexibility index (Phi) is 4.58. The zero-order valence-corrected chi connectivity index (χ0v) is 19.3. The number of benzene rings is 2. The van der Waals surface area contributed by atoms with E-state index >= 15 is 0 Å². The maximum Gasteiger partial charge on any atom is 0.333 e. The molecule has 0 unspecified atom stereocenters. The van der Waals surface area contributed by atoms with Crippen LogP contribution in [-0.2, 0) is 10.2 Å². The second-order valence-corrected chi connectivity index (χ2v) is 10.1. The van der Waals surface area contributed by atoms with Crippen LogP contribution in [0.1, 0.15) is 17.2 Å². The molecule has 1 aliphatic heterocycles. The number of hydrogen-bond donors (Lipinski definition) is 2. The van der Waals surface area contributed by atoms with Crippen molar-refractivity contribution in [1.82, 2.24) is 19.9 Å². The summed E-state index contributed by atoms with van der Waals surface area (Å²) in [6.07, 6.45) is 2.44. The molecule has 1 fully saturated rings. The molecule has 0 saturated carbocycles. The predicted molar refractivity (Wildman–Crippen MR) is 130 cm³/mol. The van der Waals surface area contributed by atoms with Crippen LogP contribution in [0, 0.1) is 18.3 Å². The number of nitrogens with zero attached hydrogens (tertiary/aromatic N) is 3. The molecule has 0 radical (unpaired) electrons. The highest BCUT2D eigenvalue weighted by atomic mass is 32.3. The largest absolute Gasteiger partial charge is 0.340 e. The molecule has 2 N–H and O–H groups in total. The fourth-order valence-corrected chi connectivity index (χ4v) is 5.30.